The number of aryl methyl sites for hydroxylation is 1. The zero-order valence-electron chi connectivity index (χ0n) is 13.9. The van der Waals surface area contributed by atoms with Gasteiger partial charge in [-0.1, -0.05) is 48.3 Å². The van der Waals surface area contributed by atoms with Crippen LogP contribution in [0.5, 0.6) is 0 Å². The molecule has 2 atom stereocenters. The summed E-state index contributed by atoms with van der Waals surface area (Å²) >= 11 is 0. The Labute approximate surface area is 141 Å². The molecule has 2 aliphatic rings. The zero-order chi connectivity index (χ0) is 16.6. The predicted octanol–water partition coefficient (Wildman–Crippen LogP) is 2.99. The van der Waals surface area contributed by atoms with Gasteiger partial charge in [0, 0.05) is 12.5 Å². The average Bonchev–Trinajstić information content (AvgIpc) is 3.00. The van der Waals surface area contributed by atoms with Crippen molar-refractivity contribution in [3.63, 3.8) is 0 Å². The molecule has 2 fully saturated rings. The molecule has 1 aromatic heterocycles. The summed E-state index contributed by atoms with van der Waals surface area (Å²) in [7, 11) is 0. The van der Waals surface area contributed by atoms with Gasteiger partial charge in [0.1, 0.15) is 0 Å². The molecule has 1 aromatic carbocycles. The minimum Gasteiger partial charge on any atom is -0.337 e. The smallest absolute Gasteiger partial charge is 0.318 e. The Bertz CT molecular complexity index is 730. The topological polar surface area (TPSA) is 71.3 Å². The number of amides is 2. The highest BCUT2D eigenvalue weighted by atomic mass is 16.5. The fraction of sp³-hybridized carbons (Fsp3) is 0.500. The number of rotatable bonds is 3. The Kier molecular flexibility index (Phi) is 3.75. The van der Waals surface area contributed by atoms with E-state index in [4.69, 9.17) is 4.52 Å². The van der Waals surface area contributed by atoms with Gasteiger partial charge in [0.05, 0.1) is 12.1 Å². The summed E-state index contributed by atoms with van der Waals surface area (Å²) in [6, 6.07) is 10.4. The molecule has 2 amide bonds. The third kappa shape index (κ3) is 2.37. The van der Waals surface area contributed by atoms with Crippen molar-refractivity contribution in [2.45, 2.75) is 44.7 Å². The van der Waals surface area contributed by atoms with Gasteiger partial charge < -0.3 is 14.7 Å². The van der Waals surface area contributed by atoms with E-state index in [1.165, 1.54) is 18.4 Å². The summed E-state index contributed by atoms with van der Waals surface area (Å²) in [5.74, 6) is 1.58. The first-order valence-corrected chi connectivity index (χ1v) is 8.60. The maximum absolute atomic E-state index is 12.8. The molecule has 1 saturated heterocycles. The fourth-order valence-electron chi connectivity index (χ4n) is 4.28. The Morgan fingerprint density at radius 1 is 1.38 bits per heavy atom. The molecule has 6 heteroatoms. The number of urea groups is 1. The lowest BCUT2D eigenvalue weighted by molar-refractivity contribution is -0.0795. The van der Waals surface area contributed by atoms with E-state index in [-0.39, 0.29) is 18.1 Å². The van der Waals surface area contributed by atoms with Crippen LogP contribution < -0.4 is 5.32 Å². The standard InChI is InChI=1S/C18H22N4O2/c1-13-20-16(24-21-13)11-19-17(23)22-12-15-9-5-6-10-18(15,22)14-7-3-2-4-8-14/h2-4,7-8,15H,5-6,9-12H2,1H3,(H,19,23)/t15-,18-/m0/s1. The van der Waals surface area contributed by atoms with Crippen molar-refractivity contribution in [1.82, 2.24) is 20.4 Å². The summed E-state index contributed by atoms with van der Waals surface area (Å²) < 4.78 is 5.07. The number of aromatic nitrogens is 2. The molecule has 0 bridgehead atoms. The van der Waals surface area contributed by atoms with Crippen LogP contribution in [0.3, 0.4) is 0 Å². The summed E-state index contributed by atoms with van der Waals surface area (Å²) in [4.78, 5) is 18.9. The molecule has 0 radical (unpaired) electrons. The molecular weight excluding hydrogens is 304 g/mol. The number of hydrogen-bond donors (Lipinski definition) is 1. The lowest BCUT2D eigenvalue weighted by atomic mass is 9.62. The minimum absolute atomic E-state index is 0.0483. The molecule has 4 rings (SSSR count). The normalized spacial score (nSPS) is 25.7. The number of carbonyl (C=O) groups is 1. The van der Waals surface area contributed by atoms with E-state index in [1.54, 1.807) is 6.92 Å². The molecule has 1 aliphatic carbocycles. The first-order valence-electron chi connectivity index (χ1n) is 8.60. The molecule has 2 aromatic rings. The number of hydrogen-bond acceptors (Lipinski definition) is 4. The van der Waals surface area contributed by atoms with E-state index in [9.17, 15) is 4.79 Å². The van der Waals surface area contributed by atoms with Gasteiger partial charge in [-0.2, -0.15) is 4.98 Å². The van der Waals surface area contributed by atoms with Crippen LogP contribution in [0.1, 0.15) is 43.0 Å². The molecule has 1 aliphatic heterocycles. The van der Waals surface area contributed by atoms with Crippen LogP contribution in [0.2, 0.25) is 0 Å². The van der Waals surface area contributed by atoms with Crippen molar-refractivity contribution < 1.29 is 9.32 Å². The molecule has 0 unspecified atom stereocenters. The molecular formula is C18H22N4O2. The van der Waals surface area contributed by atoms with Crippen molar-refractivity contribution in [3.8, 4) is 0 Å². The van der Waals surface area contributed by atoms with Gasteiger partial charge in [0.2, 0.25) is 5.89 Å². The largest absolute Gasteiger partial charge is 0.337 e. The Morgan fingerprint density at radius 2 is 2.21 bits per heavy atom. The van der Waals surface area contributed by atoms with Gasteiger partial charge in [0.15, 0.2) is 5.82 Å². The van der Waals surface area contributed by atoms with Crippen LogP contribution in [0.4, 0.5) is 4.79 Å². The second-order valence-corrected chi connectivity index (χ2v) is 6.74. The van der Waals surface area contributed by atoms with Crippen LogP contribution in [0.25, 0.3) is 0 Å². The van der Waals surface area contributed by atoms with E-state index in [2.05, 4.69) is 39.7 Å². The van der Waals surface area contributed by atoms with E-state index in [0.29, 0.717) is 17.6 Å². The van der Waals surface area contributed by atoms with Crippen molar-refractivity contribution in [2.75, 3.05) is 6.54 Å². The molecule has 6 nitrogen and oxygen atoms in total. The number of likely N-dealkylation sites (tertiary alicyclic amines) is 1. The van der Waals surface area contributed by atoms with E-state index in [1.807, 2.05) is 11.0 Å². The van der Waals surface area contributed by atoms with Gasteiger partial charge in [-0.05, 0) is 25.3 Å². The van der Waals surface area contributed by atoms with E-state index >= 15 is 0 Å². The first-order chi connectivity index (χ1) is 11.7. The lowest BCUT2D eigenvalue weighted by Gasteiger charge is -2.61. The van der Waals surface area contributed by atoms with E-state index < -0.39 is 0 Å². The second kappa shape index (κ2) is 5.92. The molecule has 1 N–H and O–H groups in total. The van der Waals surface area contributed by atoms with Crippen molar-refractivity contribution >= 4 is 6.03 Å². The summed E-state index contributed by atoms with van der Waals surface area (Å²) in [5, 5.41) is 6.68. The average molecular weight is 326 g/mol. The van der Waals surface area contributed by atoms with Gasteiger partial charge in [-0.3, -0.25) is 0 Å². The van der Waals surface area contributed by atoms with Crippen LogP contribution >= 0.6 is 0 Å². The maximum Gasteiger partial charge on any atom is 0.318 e. The number of carbonyl (C=O) groups excluding carboxylic acids is 1. The SMILES string of the molecule is Cc1noc(CNC(=O)N2C[C@@H]3CCCC[C@]32c2ccccc2)n1. The van der Waals surface area contributed by atoms with Gasteiger partial charge >= 0.3 is 6.03 Å². The summed E-state index contributed by atoms with van der Waals surface area (Å²) in [5.41, 5.74) is 1.11. The Balaban J connectivity index is 1.52. The fourth-order valence-corrected chi connectivity index (χ4v) is 4.28. The monoisotopic (exact) mass is 326 g/mol. The molecule has 1 saturated carbocycles. The predicted molar refractivity (Wildman–Crippen MR) is 88.1 cm³/mol. The lowest BCUT2D eigenvalue weighted by Crippen LogP contribution is -2.69. The van der Waals surface area contributed by atoms with Crippen LogP contribution in [-0.4, -0.2) is 27.6 Å². The van der Waals surface area contributed by atoms with Gasteiger partial charge in [0.25, 0.3) is 0 Å². The number of fused-ring (bicyclic) bond motifs is 1. The highest BCUT2D eigenvalue weighted by Gasteiger charge is 2.56. The number of benzene rings is 1. The summed E-state index contributed by atoms with van der Waals surface area (Å²) in [6.45, 7) is 2.86. The Hall–Kier alpha value is -2.37. The van der Waals surface area contributed by atoms with Crippen LogP contribution in [0, 0.1) is 12.8 Å². The van der Waals surface area contributed by atoms with Crippen molar-refractivity contribution in [2.24, 2.45) is 5.92 Å². The third-order valence-corrected chi connectivity index (χ3v) is 5.40. The quantitative estimate of drug-likeness (QED) is 0.941. The minimum atomic E-state index is -0.144. The number of nitrogens with one attached hydrogen (secondary N) is 1. The number of nitrogens with zero attached hydrogens (tertiary/aromatic N) is 3. The van der Waals surface area contributed by atoms with Crippen molar-refractivity contribution in [3.05, 3.63) is 47.6 Å². The first kappa shape index (κ1) is 15.2. The van der Waals surface area contributed by atoms with Crippen molar-refractivity contribution in [1.29, 1.82) is 0 Å². The van der Waals surface area contributed by atoms with E-state index in [0.717, 1.165) is 19.4 Å². The van der Waals surface area contributed by atoms with Gasteiger partial charge in [-0.25, -0.2) is 4.79 Å². The second-order valence-electron chi connectivity index (χ2n) is 6.74. The highest BCUT2D eigenvalue weighted by molar-refractivity contribution is 5.76. The maximum atomic E-state index is 12.8. The zero-order valence-corrected chi connectivity index (χ0v) is 13.9. The molecule has 2 heterocycles. The molecule has 0 spiro atoms. The summed E-state index contributed by atoms with van der Waals surface area (Å²) in [6.07, 6.45) is 4.66. The Morgan fingerprint density at radius 3 is 2.92 bits per heavy atom. The van der Waals surface area contributed by atoms with Crippen LogP contribution in [-0.2, 0) is 12.1 Å². The van der Waals surface area contributed by atoms with Gasteiger partial charge in [-0.15, -0.1) is 0 Å². The molecule has 24 heavy (non-hydrogen) atoms. The highest BCUT2D eigenvalue weighted by Crippen LogP contribution is 2.53. The molecule has 126 valence electrons. The third-order valence-electron chi connectivity index (χ3n) is 5.40. The van der Waals surface area contributed by atoms with Crippen LogP contribution in [0.15, 0.2) is 34.9 Å².